The Hall–Kier alpha value is -0.710. The van der Waals surface area contributed by atoms with Crippen LogP contribution in [0.1, 0.15) is 40.9 Å². The molecule has 19 heavy (non-hydrogen) atoms. The molecular weight excluding hydrogens is 320 g/mol. The smallest absolute Gasteiger partial charge is 0.0975 e. The third-order valence-electron chi connectivity index (χ3n) is 2.96. The highest BCUT2D eigenvalue weighted by Crippen LogP contribution is 2.28. The van der Waals surface area contributed by atoms with Crippen molar-refractivity contribution in [3.05, 3.63) is 49.9 Å². The molecule has 0 aliphatic carbocycles. The zero-order valence-electron chi connectivity index (χ0n) is 11.5. The maximum Gasteiger partial charge on any atom is 0.0975 e. The van der Waals surface area contributed by atoms with Crippen LogP contribution in [-0.2, 0) is 13.0 Å². The first-order valence-corrected chi connectivity index (χ1v) is 8.09. The number of nitrogens with zero attached hydrogens (tertiary/aromatic N) is 1. The highest BCUT2D eigenvalue weighted by atomic mass is 79.9. The zero-order chi connectivity index (χ0) is 13.8. The highest BCUT2D eigenvalue weighted by Gasteiger charge is 2.14. The van der Waals surface area contributed by atoms with Gasteiger partial charge in [0.25, 0.3) is 0 Å². The van der Waals surface area contributed by atoms with E-state index in [1.165, 1.54) is 21.1 Å². The Kier molecular flexibility index (Phi) is 5.13. The second-order valence-electron chi connectivity index (χ2n) is 4.87. The topological polar surface area (TPSA) is 24.9 Å². The van der Waals surface area contributed by atoms with Crippen LogP contribution in [0.15, 0.2) is 28.7 Å². The van der Waals surface area contributed by atoms with E-state index in [9.17, 15) is 0 Å². The van der Waals surface area contributed by atoms with Gasteiger partial charge in [0, 0.05) is 22.3 Å². The first-order valence-electron chi connectivity index (χ1n) is 6.48. The fourth-order valence-electron chi connectivity index (χ4n) is 2.03. The average molecular weight is 339 g/mol. The number of rotatable bonds is 5. The van der Waals surface area contributed by atoms with Gasteiger partial charge in [0.2, 0.25) is 0 Å². The normalized spacial score (nSPS) is 11.2. The average Bonchev–Trinajstić information content (AvgIpc) is 2.76. The van der Waals surface area contributed by atoms with E-state index in [0.717, 1.165) is 17.4 Å². The number of benzene rings is 1. The predicted octanol–water partition coefficient (Wildman–Crippen LogP) is 4.34. The minimum atomic E-state index is 0.479. The van der Waals surface area contributed by atoms with Crippen LogP contribution in [-0.4, -0.2) is 12.0 Å². The van der Waals surface area contributed by atoms with Crippen molar-refractivity contribution in [2.24, 2.45) is 0 Å². The van der Waals surface area contributed by atoms with Crippen LogP contribution >= 0.6 is 27.3 Å². The molecule has 0 unspecified atom stereocenters. The van der Waals surface area contributed by atoms with E-state index < -0.39 is 0 Å². The molecule has 1 aromatic carbocycles. The van der Waals surface area contributed by atoms with E-state index in [-0.39, 0.29) is 0 Å². The van der Waals surface area contributed by atoms with Gasteiger partial charge in [0.1, 0.15) is 0 Å². The summed E-state index contributed by atoms with van der Waals surface area (Å²) in [5, 5.41) is 4.42. The van der Waals surface area contributed by atoms with Gasteiger partial charge in [0.05, 0.1) is 10.7 Å². The van der Waals surface area contributed by atoms with Gasteiger partial charge in [-0.2, -0.15) is 0 Å². The molecule has 0 radical (unpaired) electrons. The molecule has 1 heterocycles. The third kappa shape index (κ3) is 3.65. The molecule has 2 aromatic rings. The molecule has 0 bridgehead atoms. The number of aromatic nitrogens is 1. The second-order valence-corrected chi connectivity index (χ2v) is 6.89. The van der Waals surface area contributed by atoms with E-state index in [0.29, 0.717) is 5.92 Å². The minimum Gasteiger partial charge on any atom is -0.315 e. The molecule has 1 aromatic heterocycles. The Morgan fingerprint density at radius 2 is 2.05 bits per heavy atom. The minimum absolute atomic E-state index is 0.479. The van der Waals surface area contributed by atoms with Gasteiger partial charge in [0.15, 0.2) is 0 Å². The lowest BCUT2D eigenvalue weighted by Gasteiger charge is -2.03. The summed E-state index contributed by atoms with van der Waals surface area (Å²) in [4.78, 5) is 6.18. The van der Waals surface area contributed by atoms with Crippen molar-refractivity contribution in [1.82, 2.24) is 10.3 Å². The molecule has 0 spiro atoms. The Balaban J connectivity index is 2.26. The van der Waals surface area contributed by atoms with Crippen molar-refractivity contribution in [3.63, 3.8) is 0 Å². The van der Waals surface area contributed by atoms with Crippen molar-refractivity contribution < 1.29 is 0 Å². The summed E-state index contributed by atoms with van der Waals surface area (Å²) in [7, 11) is 1.98. The molecular formula is C15H19BrN2S. The standard InChI is InChI=1S/C15H19BrN2S/c1-10(2)15-13(9-17-3)19-14(18-15)8-11-6-4-5-7-12(11)16/h4-7,10,17H,8-9H2,1-3H3. The number of thiazole rings is 1. The number of nitrogens with one attached hydrogen (secondary N) is 1. The summed E-state index contributed by atoms with van der Waals surface area (Å²) in [6.45, 7) is 5.31. The lowest BCUT2D eigenvalue weighted by molar-refractivity contribution is 0.768. The van der Waals surface area contributed by atoms with E-state index >= 15 is 0 Å². The Morgan fingerprint density at radius 3 is 2.68 bits per heavy atom. The fourth-order valence-corrected chi connectivity index (χ4v) is 3.72. The Morgan fingerprint density at radius 1 is 1.32 bits per heavy atom. The molecule has 0 amide bonds. The van der Waals surface area contributed by atoms with E-state index in [1.54, 1.807) is 0 Å². The van der Waals surface area contributed by atoms with Crippen LogP contribution in [0.4, 0.5) is 0 Å². The molecule has 0 aliphatic heterocycles. The van der Waals surface area contributed by atoms with E-state index in [4.69, 9.17) is 4.98 Å². The van der Waals surface area contributed by atoms with Gasteiger partial charge in [-0.3, -0.25) is 0 Å². The van der Waals surface area contributed by atoms with Gasteiger partial charge in [-0.1, -0.05) is 48.0 Å². The SMILES string of the molecule is CNCc1sc(Cc2ccccc2Br)nc1C(C)C. The molecule has 4 heteroatoms. The van der Waals surface area contributed by atoms with Crippen molar-refractivity contribution in [2.75, 3.05) is 7.05 Å². The van der Waals surface area contributed by atoms with Gasteiger partial charge in [-0.15, -0.1) is 11.3 Å². The van der Waals surface area contributed by atoms with Crippen molar-refractivity contribution in [2.45, 2.75) is 32.7 Å². The molecule has 0 atom stereocenters. The second kappa shape index (κ2) is 6.64. The summed E-state index contributed by atoms with van der Waals surface area (Å²) in [5.41, 5.74) is 2.53. The van der Waals surface area contributed by atoms with Crippen LogP contribution in [0, 0.1) is 0 Å². The lowest BCUT2D eigenvalue weighted by atomic mass is 10.1. The molecule has 0 fully saturated rings. The van der Waals surface area contributed by atoms with Crippen LogP contribution in [0.25, 0.3) is 0 Å². The number of halogens is 1. The summed E-state index contributed by atoms with van der Waals surface area (Å²) in [6, 6.07) is 8.35. The molecule has 2 nitrogen and oxygen atoms in total. The monoisotopic (exact) mass is 338 g/mol. The summed E-state index contributed by atoms with van der Waals surface area (Å²) in [5.74, 6) is 0.479. The maximum absolute atomic E-state index is 4.82. The highest BCUT2D eigenvalue weighted by molar-refractivity contribution is 9.10. The molecule has 0 saturated carbocycles. The third-order valence-corrected chi connectivity index (χ3v) is 4.80. The van der Waals surface area contributed by atoms with Crippen LogP contribution in [0.5, 0.6) is 0 Å². The van der Waals surface area contributed by atoms with Crippen molar-refractivity contribution >= 4 is 27.3 Å². The van der Waals surface area contributed by atoms with Gasteiger partial charge >= 0.3 is 0 Å². The molecule has 0 aliphatic rings. The number of hydrogen-bond donors (Lipinski definition) is 1. The van der Waals surface area contributed by atoms with Gasteiger partial charge in [-0.25, -0.2) is 4.98 Å². The van der Waals surface area contributed by atoms with Crippen molar-refractivity contribution in [3.8, 4) is 0 Å². The first kappa shape index (κ1) is 14.7. The largest absolute Gasteiger partial charge is 0.315 e. The number of hydrogen-bond acceptors (Lipinski definition) is 3. The van der Waals surface area contributed by atoms with Crippen molar-refractivity contribution in [1.29, 1.82) is 0 Å². The lowest BCUT2D eigenvalue weighted by Crippen LogP contribution is -2.06. The Labute approximate surface area is 127 Å². The molecule has 102 valence electrons. The van der Waals surface area contributed by atoms with Gasteiger partial charge in [-0.05, 0) is 24.6 Å². The molecule has 2 rings (SSSR count). The van der Waals surface area contributed by atoms with Crippen LogP contribution in [0.2, 0.25) is 0 Å². The molecule has 0 saturated heterocycles. The van der Waals surface area contributed by atoms with Gasteiger partial charge < -0.3 is 5.32 Å². The quantitative estimate of drug-likeness (QED) is 0.877. The summed E-state index contributed by atoms with van der Waals surface area (Å²) >= 11 is 5.42. The Bertz CT molecular complexity index is 549. The van der Waals surface area contributed by atoms with E-state index in [2.05, 4.69) is 53.3 Å². The molecule has 1 N–H and O–H groups in total. The van der Waals surface area contributed by atoms with Crippen LogP contribution < -0.4 is 5.32 Å². The summed E-state index contributed by atoms with van der Waals surface area (Å²) in [6.07, 6.45) is 0.898. The van der Waals surface area contributed by atoms with Crippen LogP contribution in [0.3, 0.4) is 0 Å². The fraction of sp³-hybridized carbons (Fsp3) is 0.400. The maximum atomic E-state index is 4.82. The predicted molar refractivity (Wildman–Crippen MR) is 85.9 cm³/mol. The van der Waals surface area contributed by atoms with E-state index in [1.807, 2.05) is 24.5 Å². The zero-order valence-corrected chi connectivity index (χ0v) is 13.9. The first-order chi connectivity index (χ1) is 9.11. The summed E-state index contributed by atoms with van der Waals surface area (Å²) < 4.78 is 1.16.